The van der Waals surface area contributed by atoms with Crippen LogP contribution in [-0.4, -0.2) is 52.9 Å². The lowest BCUT2D eigenvalue weighted by molar-refractivity contribution is 0.312. The molecule has 7 heteroatoms. The van der Waals surface area contributed by atoms with Gasteiger partial charge in [0.25, 0.3) is 5.56 Å². The monoisotopic (exact) mass is 377 g/mol. The van der Waals surface area contributed by atoms with Crippen molar-refractivity contribution in [3.8, 4) is 5.69 Å². The summed E-state index contributed by atoms with van der Waals surface area (Å²) in [6.45, 7) is 3.36. The van der Waals surface area contributed by atoms with Crippen molar-refractivity contribution in [2.45, 2.75) is 0 Å². The average molecular weight is 377 g/mol. The van der Waals surface area contributed by atoms with Crippen molar-refractivity contribution in [2.24, 2.45) is 0 Å². The number of rotatable bonds is 2. The number of para-hydroxylation sites is 1. The molecule has 3 heterocycles. The quantitative estimate of drug-likeness (QED) is 0.584. The number of fused-ring (bicyclic) bond motifs is 3. The molecular formula is C21H20FN5O. The minimum atomic E-state index is -0.336. The lowest BCUT2D eigenvalue weighted by atomic mass is 10.1. The fraction of sp³-hybridized carbons (Fsp3) is 0.238. The van der Waals surface area contributed by atoms with Crippen LogP contribution in [0.4, 0.5) is 10.1 Å². The van der Waals surface area contributed by atoms with Gasteiger partial charge in [-0.3, -0.25) is 14.9 Å². The van der Waals surface area contributed by atoms with Crippen LogP contribution in [0.1, 0.15) is 0 Å². The SMILES string of the molecule is CN1CCN(c2ccc3c(ncc4c(=O)n(-c5ccccc5)[nH]c43)c2F)CC1. The number of nitrogens with zero attached hydrogens (tertiary/aromatic N) is 4. The third kappa shape index (κ3) is 2.58. The van der Waals surface area contributed by atoms with Crippen LogP contribution in [0.15, 0.2) is 53.5 Å². The summed E-state index contributed by atoms with van der Waals surface area (Å²) >= 11 is 0. The van der Waals surface area contributed by atoms with E-state index in [9.17, 15) is 4.79 Å². The Labute approximate surface area is 160 Å². The van der Waals surface area contributed by atoms with Gasteiger partial charge in [0.1, 0.15) is 5.52 Å². The number of nitrogens with one attached hydrogen (secondary N) is 1. The van der Waals surface area contributed by atoms with Gasteiger partial charge in [-0.2, -0.15) is 0 Å². The number of piperazine rings is 1. The third-order valence-corrected chi connectivity index (χ3v) is 5.47. The zero-order valence-corrected chi connectivity index (χ0v) is 15.5. The zero-order chi connectivity index (χ0) is 19.3. The molecule has 4 aromatic rings. The van der Waals surface area contributed by atoms with Crippen LogP contribution in [0.5, 0.6) is 0 Å². The molecule has 1 aliphatic rings. The van der Waals surface area contributed by atoms with E-state index in [0.717, 1.165) is 31.9 Å². The molecule has 2 aromatic heterocycles. The number of anilines is 1. The van der Waals surface area contributed by atoms with Gasteiger partial charge in [0.05, 0.1) is 22.3 Å². The molecule has 2 aromatic carbocycles. The Morgan fingerprint density at radius 1 is 1.00 bits per heavy atom. The van der Waals surface area contributed by atoms with E-state index < -0.39 is 0 Å². The Morgan fingerprint density at radius 3 is 2.50 bits per heavy atom. The fourth-order valence-corrected chi connectivity index (χ4v) is 3.84. The number of benzene rings is 2. The maximum atomic E-state index is 15.3. The lowest BCUT2D eigenvalue weighted by Gasteiger charge is -2.34. The van der Waals surface area contributed by atoms with Crippen molar-refractivity contribution in [1.29, 1.82) is 0 Å². The number of hydrogen-bond donors (Lipinski definition) is 1. The first-order chi connectivity index (χ1) is 13.6. The molecule has 1 N–H and O–H groups in total. The summed E-state index contributed by atoms with van der Waals surface area (Å²) in [6.07, 6.45) is 1.47. The first-order valence-corrected chi connectivity index (χ1v) is 9.34. The van der Waals surface area contributed by atoms with Crippen LogP contribution in [0, 0.1) is 5.82 Å². The normalized spacial score (nSPS) is 15.6. The predicted molar refractivity (Wildman–Crippen MR) is 109 cm³/mol. The van der Waals surface area contributed by atoms with E-state index in [1.54, 1.807) is 6.07 Å². The topological polar surface area (TPSA) is 57.2 Å². The largest absolute Gasteiger partial charge is 0.367 e. The molecule has 28 heavy (non-hydrogen) atoms. The summed E-state index contributed by atoms with van der Waals surface area (Å²) in [5.41, 5.74) is 1.98. The molecule has 1 aliphatic heterocycles. The van der Waals surface area contributed by atoms with Gasteiger partial charge < -0.3 is 9.80 Å². The molecule has 1 saturated heterocycles. The van der Waals surface area contributed by atoms with Crippen molar-refractivity contribution < 1.29 is 4.39 Å². The van der Waals surface area contributed by atoms with Crippen molar-refractivity contribution >= 4 is 27.5 Å². The van der Waals surface area contributed by atoms with E-state index in [-0.39, 0.29) is 16.9 Å². The van der Waals surface area contributed by atoms with E-state index in [4.69, 9.17) is 0 Å². The maximum Gasteiger partial charge on any atom is 0.280 e. The van der Waals surface area contributed by atoms with Gasteiger partial charge in [-0.25, -0.2) is 9.07 Å². The third-order valence-electron chi connectivity index (χ3n) is 5.47. The molecule has 0 spiro atoms. The summed E-state index contributed by atoms with van der Waals surface area (Å²) in [7, 11) is 2.07. The van der Waals surface area contributed by atoms with Crippen molar-refractivity contribution in [3.05, 3.63) is 64.8 Å². The van der Waals surface area contributed by atoms with Crippen LogP contribution < -0.4 is 10.5 Å². The highest BCUT2D eigenvalue weighted by Crippen LogP contribution is 2.30. The minimum absolute atomic E-state index is 0.195. The van der Waals surface area contributed by atoms with E-state index in [0.29, 0.717) is 22.0 Å². The van der Waals surface area contributed by atoms with Crippen molar-refractivity contribution in [2.75, 3.05) is 38.1 Å². The van der Waals surface area contributed by atoms with Gasteiger partial charge >= 0.3 is 0 Å². The Balaban J connectivity index is 1.67. The molecule has 0 bridgehead atoms. The van der Waals surface area contributed by atoms with Crippen molar-refractivity contribution in [3.63, 3.8) is 0 Å². The molecule has 6 nitrogen and oxygen atoms in total. The molecule has 0 radical (unpaired) electrons. The number of halogens is 1. The Morgan fingerprint density at radius 2 is 1.75 bits per heavy atom. The summed E-state index contributed by atoms with van der Waals surface area (Å²) in [4.78, 5) is 21.4. The highest BCUT2D eigenvalue weighted by atomic mass is 19.1. The Bertz CT molecular complexity index is 1220. The highest BCUT2D eigenvalue weighted by molar-refractivity contribution is 6.04. The number of H-pyrrole nitrogens is 1. The van der Waals surface area contributed by atoms with E-state index in [2.05, 4.69) is 26.9 Å². The van der Waals surface area contributed by atoms with Gasteiger partial charge in [0, 0.05) is 37.8 Å². The molecule has 1 fully saturated rings. The Kier molecular flexibility index (Phi) is 3.91. The molecule has 142 valence electrons. The molecule has 0 saturated carbocycles. The summed E-state index contributed by atoms with van der Waals surface area (Å²) in [5.74, 6) is -0.336. The minimum Gasteiger partial charge on any atom is -0.367 e. The van der Waals surface area contributed by atoms with E-state index in [1.807, 2.05) is 36.4 Å². The molecule has 0 aliphatic carbocycles. The van der Waals surface area contributed by atoms with Gasteiger partial charge in [-0.1, -0.05) is 18.2 Å². The van der Waals surface area contributed by atoms with Crippen LogP contribution in [-0.2, 0) is 0 Å². The summed E-state index contributed by atoms with van der Waals surface area (Å²) in [5, 5.41) is 4.19. The summed E-state index contributed by atoms with van der Waals surface area (Å²) < 4.78 is 16.8. The first-order valence-electron chi connectivity index (χ1n) is 9.34. The number of likely N-dealkylation sites (N-methyl/N-ethyl adjacent to an activating group) is 1. The second-order valence-electron chi connectivity index (χ2n) is 7.22. The number of hydrogen-bond acceptors (Lipinski definition) is 4. The second-order valence-corrected chi connectivity index (χ2v) is 7.22. The number of aromatic nitrogens is 3. The molecular weight excluding hydrogens is 357 g/mol. The fourth-order valence-electron chi connectivity index (χ4n) is 3.84. The van der Waals surface area contributed by atoms with E-state index >= 15 is 4.39 Å². The average Bonchev–Trinajstić information content (AvgIpc) is 3.07. The second kappa shape index (κ2) is 6.45. The summed E-state index contributed by atoms with van der Waals surface area (Å²) in [6, 6.07) is 13.0. The predicted octanol–water partition coefficient (Wildman–Crippen LogP) is 2.76. The Hall–Kier alpha value is -3.19. The number of aromatic amines is 1. The first kappa shape index (κ1) is 16.9. The van der Waals surface area contributed by atoms with Crippen LogP contribution in [0.3, 0.4) is 0 Å². The van der Waals surface area contributed by atoms with Crippen LogP contribution >= 0.6 is 0 Å². The van der Waals surface area contributed by atoms with Gasteiger partial charge in [-0.15, -0.1) is 0 Å². The maximum absolute atomic E-state index is 15.3. The lowest BCUT2D eigenvalue weighted by Crippen LogP contribution is -2.44. The van der Waals surface area contributed by atoms with Crippen LogP contribution in [0.2, 0.25) is 0 Å². The standard InChI is InChI=1S/C21H20FN5O/c1-25-9-11-26(12-10-25)17-8-7-15-19-16(13-23-20(15)18(17)22)21(28)27(24-19)14-5-3-2-4-6-14/h2-8,13,24H,9-12H2,1H3. The smallest absolute Gasteiger partial charge is 0.280 e. The highest BCUT2D eigenvalue weighted by Gasteiger charge is 2.21. The molecule has 0 atom stereocenters. The van der Waals surface area contributed by atoms with Crippen LogP contribution in [0.25, 0.3) is 27.5 Å². The van der Waals surface area contributed by atoms with Crippen molar-refractivity contribution in [1.82, 2.24) is 19.7 Å². The molecule has 5 rings (SSSR count). The zero-order valence-electron chi connectivity index (χ0n) is 15.5. The van der Waals surface area contributed by atoms with Gasteiger partial charge in [-0.05, 0) is 31.3 Å². The molecule has 0 amide bonds. The van der Waals surface area contributed by atoms with Gasteiger partial charge in [0.2, 0.25) is 0 Å². The molecule has 0 unspecified atom stereocenters. The van der Waals surface area contributed by atoms with Gasteiger partial charge in [0.15, 0.2) is 5.82 Å². The number of pyridine rings is 1. The van der Waals surface area contributed by atoms with E-state index in [1.165, 1.54) is 10.9 Å².